The van der Waals surface area contributed by atoms with Crippen LogP contribution < -0.4 is 10.1 Å². The molecule has 0 saturated heterocycles. The van der Waals surface area contributed by atoms with Crippen LogP contribution >= 0.6 is 0 Å². The summed E-state index contributed by atoms with van der Waals surface area (Å²) >= 11 is 0. The van der Waals surface area contributed by atoms with Crippen LogP contribution in [0.2, 0.25) is 0 Å². The van der Waals surface area contributed by atoms with E-state index in [4.69, 9.17) is 9.47 Å². The highest BCUT2D eigenvalue weighted by Gasteiger charge is 2.33. The van der Waals surface area contributed by atoms with Crippen molar-refractivity contribution in [2.24, 2.45) is 0 Å². The number of ether oxygens (including phenoxy) is 2. The monoisotopic (exact) mass is 454 g/mol. The molecule has 1 aliphatic rings. The zero-order chi connectivity index (χ0) is 23.8. The molecular weight excluding hydrogens is 428 g/mol. The van der Waals surface area contributed by atoms with Gasteiger partial charge in [0.15, 0.2) is 0 Å². The lowest BCUT2D eigenvalue weighted by atomic mass is 9.95. The number of carbonyl (C=O) groups is 3. The number of nitro benzene ring substituents is 1. The van der Waals surface area contributed by atoms with Crippen LogP contribution in [0.3, 0.4) is 0 Å². The summed E-state index contributed by atoms with van der Waals surface area (Å²) in [6, 6.07) is 11.8. The summed E-state index contributed by atoms with van der Waals surface area (Å²) in [5.41, 5.74) is 0.0769. The molecule has 1 aliphatic carbocycles. The van der Waals surface area contributed by atoms with Crippen LogP contribution in [0.4, 0.5) is 5.69 Å². The molecule has 2 aromatic carbocycles. The number of nitrogens with one attached hydrogen (secondary N) is 1. The van der Waals surface area contributed by atoms with E-state index in [0.717, 1.165) is 32.1 Å². The molecule has 0 aliphatic heterocycles. The Balaban J connectivity index is 1.79. The van der Waals surface area contributed by atoms with Crippen molar-refractivity contribution in [1.29, 1.82) is 0 Å². The maximum absolute atomic E-state index is 13.1. The van der Waals surface area contributed by atoms with E-state index >= 15 is 0 Å². The molecule has 1 N–H and O–H groups in total. The zero-order valence-electron chi connectivity index (χ0n) is 18.3. The van der Waals surface area contributed by atoms with Gasteiger partial charge in [-0.3, -0.25) is 24.5 Å². The third-order valence-electron chi connectivity index (χ3n) is 5.57. The Morgan fingerprint density at radius 2 is 1.73 bits per heavy atom. The number of para-hydroxylation sites is 1. The average Bonchev–Trinajstić information content (AvgIpc) is 2.83. The van der Waals surface area contributed by atoms with Crippen molar-refractivity contribution in [1.82, 2.24) is 5.32 Å². The second-order valence-corrected chi connectivity index (χ2v) is 7.87. The highest BCUT2D eigenvalue weighted by atomic mass is 16.6. The van der Waals surface area contributed by atoms with Crippen molar-refractivity contribution in [3.63, 3.8) is 0 Å². The molecule has 33 heavy (non-hydrogen) atoms. The van der Waals surface area contributed by atoms with E-state index in [1.807, 2.05) is 0 Å². The number of Topliss-reactive ketones (excluding diaryl/α,β-unsaturated/α-hetero) is 1. The molecule has 1 unspecified atom stereocenters. The first-order valence-electron chi connectivity index (χ1n) is 10.8. The number of esters is 1. The molecule has 1 saturated carbocycles. The Kier molecular flexibility index (Phi) is 8.12. The fourth-order valence-electron chi connectivity index (χ4n) is 3.82. The normalized spacial score (nSPS) is 14.7. The van der Waals surface area contributed by atoms with Crippen molar-refractivity contribution in [3.05, 3.63) is 69.8 Å². The first kappa shape index (κ1) is 23.9. The summed E-state index contributed by atoms with van der Waals surface area (Å²) in [7, 11) is 1.49. The summed E-state index contributed by atoms with van der Waals surface area (Å²) in [6.07, 6.45) is 2.47. The van der Waals surface area contributed by atoms with E-state index in [-0.39, 0.29) is 22.9 Å². The summed E-state index contributed by atoms with van der Waals surface area (Å²) in [5, 5.41) is 14.0. The Bertz CT molecular complexity index is 1010. The largest absolute Gasteiger partial charge is 0.497 e. The summed E-state index contributed by atoms with van der Waals surface area (Å²) < 4.78 is 10.4. The fraction of sp³-hybridized carbons (Fsp3) is 0.375. The lowest BCUT2D eigenvalue weighted by Crippen LogP contribution is -2.47. The molecule has 1 fully saturated rings. The average molecular weight is 454 g/mol. The van der Waals surface area contributed by atoms with Crippen LogP contribution in [-0.2, 0) is 20.7 Å². The number of hydrogen-bond acceptors (Lipinski definition) is 7. The Morgan fingerprint density at radius 1 is 1.06 bits per heavy atom. The predicted octanol–water partition coefficient (Wildman–Crippen LogP) is 3.39. The Labute approximate surface area is 191 Å². The molecule has 2 aromatic rings. The van der Waals surface area contributed by atoms with Crippen molar-refractivity contribution >= 4 is 23.3 Å². The Hall–Kier alpha value is -3.75. The van der Waals surface area contributed by atoms with Gasteiger partial charge in [-0.1, -0.05) is 37.5 Å². The topological polar surface area (TPSA) is 125 Å². The maximum atomic E-state index is 13.1. The smallest absolute Gasteiger partial charge is 0.311 e. The standard InChI is InChI=1S/C24H26N2O7/c1-32-19-13-11-16(12-14-19)22(28)23(24(29)25-18-8-3-2-4-9-18)33-21(27)15-17-7-5-6-10-20(17)26(30)31/h5-7,10-14,18,23H,2-4,8-9,15H2,1H3,(H,25,29). The van der Waals surface area contributed by atoms with Crippen LogP contribution in [-0.4, -0.2) is 41.8 Å². The molecule has 9 nitrogen and oxygen atoms in total. The van der Waals surface area contributed by atoms with E-state index < -0.39 is 35.1 Å². The third kappa shape index (κ3) is 6.38. The van der Waals surface area contributed by atoms with Gasteiger partial charge in [0.2, 0.25) is 11.9 Å². The highest BCUT2D eigenvalue weighted by Crippen LogP contribution is 2.21. The van der Waals surface area contributed by atoms with E-state index in [1.165, 1.54) is 37.4 Å². The number of nitrogens with zero attached hydrogens (tertiary/aromatic N) is 1. The predicted molar refractivity (Wildman–Crippen MR) is 119 cm³/mol. The molecule has 174 valence electrons. The number of benzene rings is 2. The summed E-state index contributed by atoms with van der Waals surface area (Å²) in [6.45, 7) is 0. The summed E-state index contributed by atoms with van der Waals surface area (Å²) in [5.74, 6) is -1.75. The van der Waals surface area contributed by atoms with Gasteiger partial charge in [0.25, 0.3) is 11.6 Å². The number of amides is 1. The van der Waals surface area contributed by atoms with Gasteiger partial charge in [-0.25, -0.2) is 0 Å². The number of methoxy groups -OCH3 is 1. The molecule has 0 aromatic heterocycles. The van der Waals surface area contributed by atoms with E-state index in [2.05, 4.69) is 5.32 Å². The number of carbonyl (C=O) groups excluding carboxylic acids is 3. The first-order chi connectivity index (χ1) is 15.9. The zero-order valence-corrected chi connectivity index (χ0v) is 18.3. The molecule has 1 amide bonds. The number of ketones is 1. The minimum absolute atomic E-state index is 0.0914. The molecule has 0 heterocycles. The van der Waals surface area contributed by atoms with Gasteiger partial charge in [-0.05, 0) is 37.1 Å². The van der Waals surface area contributed by atoms with Gasteiger partial charge in [0.05, 0.1) is 18.5 Å². The van der Waals surface area contributed by atoms with Crippen LogP contribution in [0.5, 0.6) is 5.75 Å². The van der Waals surface area contributed by atoms with Gasteiger partial charge in [-0.15, -0.1) is 0 Å². The molecule has 0 radical (unpaired) electrons. The highest BCUT2D eigenvalue weighted by molar-refractivity contribution is 6.13. The number of rotatable bonds is 9. The lowest BCUT2D eigenvalue weighted by Gasteiger charge is -2.25. The number of hydrogen-bond donors (Lipinski definition) is 1. The van der Waals surface area contributed by atoms with Crippen molar-refractivity contribution in [2.45, 2.75) is 50.7 Å². The molecule has 0 spiro atoms. The van der Waals surface area contributed by atoms with Crippen molar-refractivity contribution < 1.29 is 28.8 Å². The minimum atomic E-state index is -1.70. The van der Waals surface area contributed by atoms with E-state index in [1.54, 1.807) is 18.2 Å². The van der Waals surface area contributed by atoms with Crippen molar-refractivity contribution in [3.8, 4) is 5.75 Å². The molecule has 9 heteroatoms. The van der Waals surface area contributed by atoms with Crippen LogP contribution in [0, 0.1) is 10.1 Å². The van der Waals surface area contributed by atoms with Gasteiger partial charge in [-0.2, -0.15) is 0 Å². The molecule has 0 bridgehead atoms. The quantitative estimate of drug-likeness (QED) is 0.202. The third-order valence-corrected chi connectivity index (χ3v) is 5.57. The van der Waals surface area contributed by atoms with Crippen LogP contribution in [0.15, 0.2) is 48.5 Å². The van der Waals surface area contributed by atoms with Gasteiger partial charge in [0, 0.05) is 23.2 Å². The van der Waals surface area contributed by atoms with Gasteiger partial charge in [0.1, 0.15) is 5.75 Å². The van der Waals surface area contributed by atoms with E-state index in [9.17, 15) is 24.5 Å². The lowest BCUT2D eigenvalue weighted by molar-refractivity contribution is -0.385. The molecule has 3 rings (SSSR count). The molecular formula is C24H26N2O7. The van der Waals surface area contributed by atoms with Crippen LogP contribution in [0.1, 0.15) is 48.0 Å². The van der Waals surface area contributed by atoms with Gasteiger partial charge < -0.3 is 14.8 Å². The summed E-state index contributed by atoms with van der Waals surface area (Å²) in [4.78, 5) is 49.3. The van der Waals surface area contributed by atoms with Crippen LogP contribution in [0.25, 0.3) is 0 Å². The second-order valence-electron chi connectivity index (χ2n) is 7.87. The van der Waals surface area contributed by atoms with Gasteiger partial charge >= 0.3 is 5.97 Å². The maximum Gasteiger partial charge on any atom is 0.311 e. The Morgan fingerprint density at radius 3 is 2.36 bits per heavy atom. The molecule has 1 atom stereocenters. The second kappa shape index (κ2) is 11.2. The van der Waals surface area contributed by atoms with Crippen molar-refractivity contribution in [2.75, 3.05) is 7.11 Å². The fourth-order valence-corrected chi connectivity index (χ4v) is 3.82. The SMILES string of the molecule is COc1ccc(C(=O)C(OC(=O)Cc2ccccc2[N+](=O)[O-])C(=O)NC2CCCCC2)cc1. The van der Waals surface area contributed by atoms with E-state index in [0.29, 0.717) is 5.75 Å². The number of nitro groups is 1. The minimum Gasteiger partial charge on any atom is -0.497 e. The first-order valence-corrected chi connectivity index (χ1v) is 10.8.